The van der Waals surface area contributed by atoms with Crippen molar-refractivity contribution >= 4 is 34.3 Å². The Balaban J connectivity index is 1.60. The number of benzene rings is 2. The normalized spacial score (nSPS) is 13.6. The molecule has 1 amide bonds. The summed E-state index contributed by atoms with van der Waals surface area (Å²) in [5, 5.41) is 4.48. The van der Waals surface area contributed by atoms with Gasteiger partial charge in [-0.3, -0.25) is 14.2 Å². The zero-order chi connectivity index (χ0) is 23.4. The molecule has 0 saturated carbocycles. The Morgan fingerprint density at radius 2 is 1.91 bits per heavy atom. The van der Waals surface area contributed by atoms with Crippen LogP contribution in [0.2, 0.25) is 5.02 Å². The largest absolute Gasteiger partial charge is 0.497 e. The van der Waals surface area contributed by atoms with Gasteiger partial charge in [0.25, 0.3) is 5.91 Å². The number of ether oxygens (including phenoxy) is 1. The van der Waals surface area contributed by atoms with Crippen molar-refractivity contribution in [2.45, 2.75) is 45.4 Å². The molecule has 1 aliphatic rings. The molecule has 1 heterocycles. The third-order valence-corrected chi connectivity index (χ3v) is 6.58. The minimum Gasteiger partial charge on any atom is -0.497 e. The first-order valence-electron chi connectivity index (χ1n) is 11.4. The van der Waals surface area contributed by atoms with Crippen molar-refractivity contribution in [2.24, 2.45) is 0 Å². The predicted octanol–water partition coefficient (Wildman–Crippen LogP) is 5.85. The van der Waals surface area contributed by atoms with Crippen molar-refractivity contribution in [3.63, 3.8) is 0 Å². The average Bonchev–Trinajstić information content (AvgIpc) is 3.10. The Labute approximate surface area is 199 Å². The zero-order valence-corrected chi connectivity index (χ0v) is 19.9. The van der Waals surface area contributed by atoms with Gasteiger partial charge in [-0.1, -0.05) is 23.3 Å². The maximum atomic E-state index is 13.4. The first-order valence-corrected chi connectivity index (χ1v) is 11.8. The Hall–Kier alpha value is -3.05. The third-order valence-electron chi connectivity index (χ3n) is 6.33. The van der Waals surface area contributed by atoms with Crippen LogP contribution in [0.5, 0.6) is 5.75 Å². The fourth-order valence-electron chi connectivity index (χ4n) is 4.51. The van der Waals surface area contributed by atoms with Crippen LogP contribution in [0.3, 0.4) is 0 Å². The van der Waals surface area contributed by atoms with E-state index in [2.05, 4.69) is 11.4 Å². The summed E-state index contributed by atoms with van der Waals surface area (Å²) in [6.07, 6.45) is 8.19. The fourth-order valence-corrected chi connectivity index (χ4v) is 4.64. The third kappa shape index (κ3) is 5.14. The molecule has 5 nitrogen and oxygen atoms in total. The maximum absolute atomic E-state index is 13.4. The van der Waals surface area contributed by atoms with Crippen LogP contribution in [0, 0.1) is 6.92 Å². The Bertz CT molecular complexity index is 1210. The molecule has 172 valence electrons. The average molecular weight is 465 g/mol. The van der Waals surface area contributed by atoms with Gasteiger partial charge in [0.05, 0.1) is 19.0 Å². The summed E-state index contributed by atoms with van der Waals surface area (Å²) in [7, 11) is 1.61. The van der Waals surface area contributed by atoms with Crippen molar-refractivity contribution in [2.75, 3.05) is 13.7 Å². The van der Waals surface area contributed by atoms with Gasteiger partial charge in [-0.05, 0) is 87.1 Å². The molecule has 0 bridgehead atoms. The number of nitrogens with one attached hydrogen (secondary N) is 1. The number of carbonyl (C=O) groups excluding carboxylic acids is 2. The minimum absolute atomic E-state index is 0.0460. The number of allylic oxidation sites excluding steroid dienone is 1. The van der Waals surface area contributed by atoms with Gasteiger partial charge in [-0.15, -0.1) is 0 Å². The second-order valence-corrected chi connectivity index (χ2v) is 8.92. The summed E-state index contributed by atoms with van der Waals surface area (Å²) in [5.41, 5.74) is 4.31. The molecule has 0 spiro atoms. The highest BCUT2D eigenvalue weighted by atomic mass is 35.5. The van der Waals surface area contributed by atoms with Gasteiger partial charge in [0.2, 0.25) is 5.91 Å². The summed E-state index contributed by atoms with van der Waals surface area (Å²) >= 11 is 5.99. The molecule has 0 unspecified atom stereocenters. The van der Waals surface area contributed by atoms with Crippen LogP contribution in [0.25, 0.3) is 10.9 Å². The van der Waals surface area contributed by atoms with Gasteiger partial charge in [-0.25, -0.2) is 0 Å². The number of halogens is 1. The lowest BCUT2D eigenvalue weighted by atomic mass is 9.97. The number of rotatable bonds is 7. The fraction of sp³-hybridized carbons (Fsp3) is 0.333. The van der Waals surface area contributed by atoms with Crippen molar-refractivity contribution in [1.29, 1.82) is 0 Å². The zero-order valence-electron chi connectivity index (χ0n) is 19.1. The first-order chi connectivity index (χ1) is 16.0. The van der Waals surface area contributed by atoms with E-state index in [9.17, 15) is 9.59 Å². The molecule has 33 heavy (non-hydrogen) atoms. The minimum atomic E-state index is -0.157. The Morgan fingerprint density at radius 3 is 2.61 bits per heavy atom. The molecule has 6 heteroatoms. The number of fused-ring (bicyclic) bond motifs is 1. The molecule has 1 N–H and O–H groups in total. The molecule has 4 rings (SSSR count). The highest BCUT2D eigenvalue weighted by Crippen LogP contribution is 2.31. The molecular formula is C27H29ClN2O3. The smallest absolute Gasteiger partial charge is 0.262 e. The topological polar surface area (TPSA) is 60.3 Å². The molecular weight excluding hydrogens is 436 g/mol. The van der Waals surface area contributed by atoms with E-state index in [1.807, 2.05) is 25.1 Å². The van der Waals surface area contributed by atoms with E-state index in [4.69, 9.17) is 16.3 Å². The first kappa shape index (κ1) is 23.1. The lowest BCUT2D eigenvalue weighted by Gasteiger charge is -2.13. The molecule has 2 aromatic carbocycles. The van der Waals surface area contributed by atoms with Crippen molar-refractivity contribution in [3.8, 4) is 5.75 Å². The summed E-state index contributed by atoms with van der Waals surface area (Å²) < 4.78 is 7.08. The van der Waals surface area contributed by atoms with Gasteiger partial charge in [0, 0.05) is 28.2 Å². The predicted molar refractivity (Wildman–Crippen MR) is 132 cm³/mol. The van der Waals surface area contributed by atoms with Crippen LogP contribution >= 0.6 is 11.6 Å². The summed E-state index contributed by atoms with van der Waals surface area (Å²) in [6, 6.07) is 12.4. The lowest BCUT2D eigenvalue weighted by Crippen LogP contribution is -2.26. The summed E-state index contributed by atoms with van der Waals surface area (Å²) in [6.45, 7) is 2.52. The molecule has 1 aromatic heterocycles. The highest BCUT2D eigenvalue weighted by Gasteiger charge is 2.22. The number of methoxy groups -OCH3 is 1. The van der Waals surface area contributed by atoms with Gasteiger partial charge in [0.1, 0.15) is 5.75 Å². The SMILES string of the molecule is COc1ccc2c(c1)c(CC(=O)NCCC1=CCCCC1)c(C)n2C(=O)c1ccc(Cl)cc1. The molecule has 0 atom stereocenters. The number of carbonyl (C=O) groups is 2. The van der Waals surface area contributed by atoms with E-state index in [0.29, 0.717) is 22.9 Å². The van der Waals surface area contributed by atoms with Crippen LogP contribution < -0.4 is 10.1 Å². The van der Waals surface area contributed by atoms with Gasteiger partial charge in [-0.2, -0.15) is 0 Å². The molecule has 1 aliphatic carbocycles. The van der Waals surface area contributed by atoms with E-state index in [1.54, 1.807) is 35.9 Å². The van der Waals surface area contributed by atoms with Gasteiger partial charge < -0.3 is 10.1 Å². The number of nitrogens with zero attached hydrogens (tertiary/aromatic N) is 1. The van der Waals surface area contributed by atoms with E-state index in [1.165, 1.54) is 18.4 Å². The standard InChI is InChI=1S/C27H29ClN2O3/c1-18-23(17-26(31)29-15-14-19-6-4-3-5-7-19)24-16-22(33-2)12-13-25(24)30(18)27(32)20-8-10-21(28)11-9-20/h6,8-13,16H,3-5,7,14-15,17H2,1-2H3,(H,29,31). The molecule has 0 fully saturated rings. The van der Waals surface area contributed by atoms with Crippen LogP contribution in [-0.2, 0) is 11.2 Å². The van der Waals surface area contributed by atoms with E-state index < -0.39 is 0 Å². The van der Waals surface area contributed by atoms with Crippen molar-refractivity contribution in [3.05, 3.63) is 76.0 Å². The number of aromatic nitrogens is 1. The summed E-state index contributed by atoms with van der Waals surface area (Å²) in [4.78, 5) is 26.2. The molecule has 3 aromatic rings. The van der Waals surface area contributed by atoms with Gasteiger partial charge >= 0.3 is 0 Å². The van der Waals surface area contributed by atoms with Crippen molar-refractivity contribution in [1.82, 2.24) is 9.88 Å². The van der Waals surface area contributed by atoms with E-state index in [0.717, 1.165) is 41.4 Å². The Kier molecular flexibility index (Phi) is 7.19. The highest BCUT2D eigenvalue weighted by molar-refractivity contribution is 6.30. The van der Waals surface area contributed by atoms with Crippen molar-refractivity contribution < 1.29 is 14.3 Å². The Morgan fingerprint density at radius 1 is 1.12 bits per heavy atom. The monoisotopic (exact) mass is 464 g/mol. The molecule has 0 saturated heterocycles. The van der Waals surface area contributed by atoms with E-state index >= 15 is 0 Å². The van der Waals surface area contributed by atoms with Gasteiger partial charge in [0.15, 0.2) is 0 Å². The number of amides is 1. The van der Waals surface area contributed by atoms with Crippen LogP contribution in [0.15, 0.2) is 54.1 Å². The number of hydrogen-bond donors (Lipinski definition) is 1. The van der Waals surface area contributed by atoms with Crippen LogP contribution in [-0.4, -0.2) is 30.0 Å². The second-order valence-electron chi connectivity index (χ2n) is 8.48. The van der Waals surface area contributed by atoms with Crippen LogP contribution in [0.1, 0.15) is 53.7 Å². The van der Waals surface area contributed by atoms with E-state index in [-0.39, 0.29) is 18.2 Å². The molecule has 0 radical (unpaired) electrons. The second kappa shape index (κ2) is 10.3. The quantitative estimate of drug-likeness (QED) is 0.446. The maximum Gasteiger partial charge on any atom is 0.262 e. The van der Waals surface area contributed by atoms with Crippen LogP contribution in [0.4, 0.5) is 0 Å². The lowest BCUT2D eigenvalue weighted by molar-refractivity contribution is -0.120. The summed E-state index contributed by atoms with van der Waals surface area (Å²) in [5.74, 6) is 0.482. The number of hydrogen-bond acceptors (Lipinski definition) is 3. The molecule has 0 aliphatic heterocycles.